The van der Waals surface area contributed by atoms with E-state index in [0.29, 0.717) is 49.5 Å². The van der Waals surface area contributed by atoms with Gasteiger partial charge in [-0.3, -0.25) is 19.4 Å². The molecule has 4 fully saturated rings. The highest BCUT2D eigenvalue weighted by Crippen LogP contribution is 2.37. The second-order valence-corrected chi connectivity index (χ2v) is 20.6. The Kier molecular flexibility index (Phi) is 13.3. The third kappa shape index (κ3) is 10.1. The van der Waals surface area contributed by atoms with Crippen LogP contribution in [-0.4, -0.2) is 152 Å². The summed E-state index contributed by atoms with van der Waals surface area (Å²) in [6.45, 7) is 18.3. The summed E-state index contributed by atoms with van der Waals surface area (Å²) in [6.07, 6.45) is 7.27. The van der Waals surface area contributed by atoms with Gasteiger partial charge < -0.3 is 40.3 Å². The van der Waals surface area contributed by atoms with Crippen LogP contribution in [0.2, 0.25) is 0 Å². The number of nitrogens with two attached hydrogens (primary N) is 1. The number of thiophene rings is 1. The maximum absolute atomic E-state index is 13.8. The number of carbonyl (C=O) groups is 2. The number of benzene rings is 2. The molecular weight excluding hydrogens is 867 g/mol. The van der Waals surface area contributed by atoms with Crippen LogP contribution in [-0.2, 0) is 35.7 Å². The van der Waals surface area contributed by atoms with E-state index in [9.17, 15) is 19.8 Å². The van der Waals surface area contributed by atoms with Crippen molar-refractivity contribution in [1.29, 1.82) is 0 Å². The molecule has 5 aromatic rings. The van der Waals surface area contributed by atoms with E-state index >= 15 is 0 Å². The Morgan fingerprint density at radius 2 is 1.48 bits per heavy atom. The molecule has 5 aliphatic rings. The number of phenols is 2. The van der Waals surface area contributed by atoms with Crippen molar-refractivity contribution in [1.82, 2.24) is 44.4 Å². The van der Waals surface area contributed by atoms with Gasteiger partial charge in [-0.15, -0.1) is 11.3 Å². The van der Waals surface area contributed by atoms with E-state index in [1.807, 2.05) is 13.8 Å². The lowest BCUT2D eigenvalue weighted by Gasteiger charge is -2.40. The number of ether oxygens (including phenoxy) is 1. The van der Waals surface area contributed by atoms with Gasteiger partial charge in [0, 0.05) is 114 Å². The van der Waals surface area contributed by atoms with Crippen LogP contribution < -0.4 is 10.6 Å². The maximum atomic E-state index is 13.8. The number of likely N-dealkylation sites (tertiary alicyclic amines) is 2. The number of aromatic nitrogens is 4. The van der Waals surface area contributed by atoms with Crippen LogP contribution in [0.25, 0.3) is 21.6 Å². The number of piperidine rings is 2. The van der Waals surface area contributed by atoms with Crippen molar-refractivity contribution in [2.45, 2.75) is 71.6 Å². The van der Waals surface area contributed by atoms with E-state index in [0.717, 1.165) is 143 Å². The number of piperazine rings is 1. The Morgan fingerprint density at radius 3 is 2.21 bits per heavy atom. The van der Waals surface area contributed by atoms with E-state index < -0.39 is 0 Å². The van der Waals surface area contributed by atoms with Crippen molar-refractivity contribution in [3.05, 3.63) is 81.5 Å². The molecule has 0 aliphatic carbocycles. The summed E-state index contributed by atoms with van der Waals surface area (Å²) >= 11 is 1.76. The fourth-order valence-corrected chi connectivity index (χ4v) is 11.8. The Morgan fingerprint density at radius 1 is 0.776 bits per heavy atom. The van der Waals surface area contributed by atoms with Crippen LogP contribution in [0, 0.1) is 11.8 Å². The van der Waals surface area contributed by atoms with E-state index in [1.165, 1.54) is 16.5 Å². The zero-order valence-electron chi connectivity index (χ0n) is 38.8. The molecule has 67 heavy (non-hydrogen) atoms. The zero-order chi connectivity index (χ0) is 46.2. The van der Waals surface area contributed by atoms with Gasteiger partial charge in [0.25, 0.3) is 5.91 Å². The van der Waals surface area contributed by atoms with Gasteiger partial charge in [-0.1, -0.05) is 32.0 Å². The Bertz CT molecular complexity index is 2580. The van der Waals surface area contributed by atoms with Gasteiger partial charge in [-0.25, -0.2) is 19.9 Å². The highest BCUT2D eigenvalue weighted by Gasteiger charge is 2.33. The number of fused-ring (bicyclic) bond motifs is 2. The van der Waals surface area contributed by atoms with Gasteiger partial charge in [0.15, 0.2) is 11.6 Å². The maximum Gasteiger partial charge on any atom is 0.258 e. The smallest absolute Gasteiger partial charge is 0.258 e. The first-order valence-electron chi connectivity index (χ1n) is 24.1. The number of phenolic OH excluding ortho intramolecular Hbond substituents is 2. The van der Waals surface area contributed by atoms with E-state index in [1.54, 1.807) is 34.7 Å². The minimum atomic E-state index is -0.222. The quantitative estimate of drug-likeness (QED) is 0.151. The molecule has 3 aromatic heterocycles. The average molecular weight is 930 g/mol. The molecule has 10 rings (SSSR count). The molecule has 8 heterocycles. The number of nitrogens with zero attached hydrogens (tertiary/aromatic N) is 10. The zero-order valence-corrected chi connectivity index (χ0v) is 39.6. The topological polar surface area (TPSA) is 181 Å². The highest BCUT2D eigenvalue weighted by atomic mass is 32.1. The number of carbonyl (C=O) groups excluding carboxylic acids is 2. The second kappa shape index (κ2) is 19.6. The third-order valence-electron chi connectivity index (χ3n) is 14.6. The molecule has 5 aliphatic heterocycles. The van der Waals surface area contributed by atoms with Crippen molar-refractivity contribution in [3.8, 4) is 22.9 Å². The molecule has 0 atom stereocenters. The van der Waals surface area contributed by atoms with Crippen LogP contribution in [0.5, 0.6) is 11.5 Å². The minimum Gasteiger partial charge on any atom is -0.508 e. The molecule has 0 saturated carbocycles. The van der Waals surface area contributed by atoms with Crippen molar-refractivity contribution in [2.24, 2.45) is 11.8 Å². The molecule has 2 amide bonds. The van der Waals surface area contributed by atoms with Crippen molar-refractivity contribution in [3.63, 3.8) is 0 Å². The predicted octanol–water partition coefficient (Wildman–Crippen LogP) is 5.53. The Balaban J connectivity index is 0.657. The molecule has 0 radical (unpaired) electrons. The van der Waals surface area contributed by atoms with E-state index in [4.69, 9.17) is 20.4 Å². The molecule has 0 unspecified atom stereocenters. The molecule has 2 aromatic carbocycles. The average Bonchev–Trinajstić information content (AvgIpc) is 3.96. The van der Waals surface area contributed by atoms with Crippen LogP contribution in [0.3, 0.4) is 0 Å². The van der Waals surface area contributed by atoms with Crippen LogP contribution in [0.1, 0.15) is 82.9 Å². The number of amides is 2. The monoisotopic (exact) mass is 929 g/mol. The van der Waals surface area contributed by atoms with Crippen molar-refractivity contribution < 1.29 is 24.5 Å². The molecule has 16 nitrogen and oxygen atoms in total. The van der Waals surface area contributed by atoms with Crippen LogP contribution in [0.15, 0.2) is 48.8 Å². The first-order valence-corrected chi connectivity index (χ1v) is 25.0. The summed E-state index contributed by atoms with van der Waals surface area (Å²) in [4.78, 5) is 60.7. The summed E-state index contributed by atoms with van der Waals surface area (Å²) in [5, 5.41) is 20.8. The van der Waals surface area contributed by atoms with Gasteiger partial charge in [0.05, 0.1) is 34.6 Å². The summed E-state index contributed by atoms with van der Waals surface area (Å²) in [7, 11) is 0. The van der Waals surface area contributed by atoms with Crippen LogP contribution in [0.4, 0.5) is 11.8 Å². The normalized spacial score (nSPS) is 19.5. The van der Waals surface area contributed by atoms with Crippen molar-refractivity contribution in [2.75, 3.05) is 95.8 Å². The van der Waals surface area contributed by atoms with Gasteiger partial charge in [0.2, 0.25) is 11.9 Å². The molecule has 4 saturated heterocycles. The number of anilines is 2. The molecule has 4 N–H and O–H groups in total. The summed E-state index contributed by atoms with van der Waals surface area (Å²) in [6, 6.07) is 11.7. The third-order valence-corrected chi connectivity index (χ3v) is 15.7. The molecule has 17 heteroatoms. The lowest BCUT2D eigenvalue weighted by Crippen LogP contribution is -2.49. The second-order valence-electron chi connectivity index (χ2n) is 19.5. The number of rotatable bonds is 11. The Hall–Kier alpha value is -5.46. The number of nitrogen functional groups attached to an aromatic ring is 1. The predicted molar refractivity (Wildman–Crippen MR) is 259 cm³/mol. The molecular formula is C50H63N11O5S. The largest absolute Gasteiger partial charge is 0.508 e. The lowest BCUT2D eigenvalue weighted by molar-refractivity contribution is -0.138. The molecule has 0 spiro atoms. The standard InChI is InChI=1S/C50H63N11O5S/c1-32(2)40-23-41(44(63)24-43(40)62)49(65)61-29-36-4-3-34(21-37(36)30-61)28-58-15-13-57(14-16-58)27-33-5-11-60(12-6-33)48(64)35-7-9-56(10-8-35)31-39-22-42-45(67-39)47(59-17-19-66-20-18-59)55-46(54-42)38-25-52-50(51)53-26-38/h3-4,21-26,32-33,35,62-63H,5-20,27-31H2,1-2H3,(H2,51,52,53). The SMILES string of the molecule is CC(C)c1cc(C(=O)N2Cc3ccc(CN4CCN(CC5CCN(C(=O)C6CCN(Cc7cc8nc(-c9cnc(N)nc9)nc(N9CCOCC9)c8s7)CC6)CC5)CC4)cc3C2)c(O)cc1O. The first kappa shape index (κ1) is 45.3. The number of morpholine rings is 1. The van der Waals surface area contributed by atoms with Crippen molar-refractivity contribution >= 4 is 45.1 Å². The first-order chi connectivity index (χ1) is 32.5. The van der Waals surface area contributed by atoms with Gasteiger partial charge in [0.1, 0.15) is 11.5 Å². The van der Waals surface area contributed by atoms with Gasteiger partial charge >= 0.3 is 0 Å². The number of aromatic hydroxyl groups is 2. The summed E-state index contributed by atoms with van der Waals surface area (Å²) in [5.74, 6) is 2.42. The van der Waals surface area contributed by atoms with E-state index in [-0.39, 0.29) is 40.8 Å². The lowest BCUT2D eigenvalue weighted by atomic mass is 9.91. The fraction of sp³-hybridized carbons (Fsp3) is 0.520. The van der Waals surface area contributed by atoms with Crippen LogP contribution >= 0.6 is 11.3 Å². The highest BCUT2D eigenvalue weighted by molar-refractivity contribution is 7.19. The van der Waals surface area contributed by atoms with E-state index in [2.05, 4.69) is 58.7 Å². The minimum absolute atomic E-state index is 0.0106. The van der Waals surface area contributed by atoms with Gasteiger partial charge in [-0.05, 0) is 85.0 Å². The molecule has 0 bridgehead atoms. The van der Waals surface area contributed by atoms with Gasteiger partial charge in [-0.2, -0.15) is 0 Å². The number of hydrogen-bond donors (Lipinski definition) is 3. The fourth-order valence-electron chi connectivity index (χ4n) is 10.6. The summed E-state index contributed by atoms with van der Waals surface area (Å²) < 4.78 is 6.73. The Labute approximate surface area is 396 Å². The number of hydrogen-bond acceptors (Lipinski definition) is 15. The summed E-state index contributed by atoms with van der Waals surface area (Å²) in [5.41, 5.74) is 11.9. The molecule has 354 valence electrons.